The first-order valence-electron chi connectivity index (χ1n) is 14.9. The molecule has 2 aromatic carbocycles. The fourth-order valence-corrected chi connectivity index (χ4v) is 5.81. The van der Waals surface area contributed by atoms with Crippen LogP contribution >= 0.6 is 11.8 Å². The predicted molar refractivity (Wildman–Crippen MR) is 166 cm³/mol. The van der Waals surface area contributed by atoms with E-state index in [0.29, 0.717) is 22.3 Å². The molecule has 0 radical (unpaired) electrons. The summed E-state index contributed by atoms with van der Waals surface area (Å²) in [5.41, 5.74) is 10.1. The fraction of sp³-hybridized carbons (Fsp3) is 0.545. The first kappa shape index (κ1) is 36.8. The van der Waals surface area contributed by atoms with Crippen LogP contribution in [0.4, 0.5) is 26.3 Å². The van der Waals surface area contributed by atoms with Gasteiger partial charge >= 0.3 is 18.3 Å². The number of carbonyl (C=O) groups is 1. The standard InChI is InChI=1S/C33H42F6N2O3S/c1-6-7-8-9-20-10-13-24(25(14-20)33(37,38)39)27-15-21-11-12-23(16-26(21)44-27)45-19-22(32(34,35)36)18-43-29(42)31(4,5)28(40)17-30(2,3)41/h10-16,22,28H,6-9,17-19,40-41H2,1-5H3. The third kappa shape index (κ3) is 10.1. The lowest BCUT2D eigenvalue weighted by molar-refractivity contribution is -0.188. The summed E-state index contributed by atoms with van der Waals surface area (Å²) in [7, 11) is 0. The molecule has 12 heteroatoms. The van der Waals surface area contributed by atoms with Crippen LogP contribution in [0.1, 0.15) is 71.4 Å². The number of carbonyl (C=O) groups excluding carboxylic acids is 1. The Morgan fingerprint density at radius 3 is 2.27 bits per heavy atom. The number of rotatable bonds is 14. The zero-order chi connectivity index (χ0) is 33.8. The van der Waals surface area contributed by atoms with Crippen molar-refractivity contribution in [2.45, 2.75) is 95.6 Å². The van der Waals surface area contributed by atoms with Crippen molar-refractivity contribution in [2.75, 3.05) is 12.4 Å². The topological polar surface area (TPSA) is 91.5 Å². The van der Waals surface area contributed by atoms with Gasteiger partial charge in [-0.3, -0.25) is 4.79 Å². The fourth-order valence-electron chi connectivity index (χ4n) is 4.78. The van der Waals surface area contributed by atoms with E-state index in [1.807, 2.05) is 6.92 Å². The Balaban J connectivity index is 1.75. The summed E-state index contributed by atoms with van der Waals surface area (Å²) >= 11 is 0.875. The van der Waals surface area contributed by atoms with Crippen LogP contribution in [0.2, 0.25) is 0 Å². The molecule has 0 aliphatic rings. The number of hydrogen-bond donors (Lipinski definition) is 2. The second-order valence-corrected chi connectivity index (χ2v) is 13.9. The first-order chi connectivity index (χ1) is 20.7. The van der Waals surface area contributed by atoms with E-state index in [0.717, 1.165) is 37.1 Å². The van der Waals surface area contributed by atoms with Gasteiger partial charge in [0.1, 0.15) is 18.0 Å². The number of esters is 1. The van der Waals surface area contributed by atoms with Crippen LogP contribution < -0.4 is 11.5 Å². The molecule has 0 amide bonds. The first-order valence-corrected chi connectivity index (χ1v) is 15.9. The van der Waals surface area contributed by atoms with Crippen LogP contribution in [0.15, 0.2) is 51.8 Å². The normalized spacial score (nSPS) is 14.5. The number of unbranched alkanes of at least 4 members (excludes halogenated alkanes) is 2. The summed E-state index contributed by atoms with van der Waals surface area (Å²) in [4.78, 5) is 13.1. The average molecular weight is 661 g/mol. The van der Waals surface area contributed by atoms with Gasteiger partial charge in [-0.05, 0) is 82.9 Å². The number of halogens is 6. The van der Waals surface area contributed by atoms with Crippen molar-refractivity contribution in [3.63, 3.8) is 0 Å². The van der Waals surface area contributed by atoms with Gasteiger partial charge in [-0.25, -0.2) is 0 Å². The lowest BCUT2D eigenvalue weighted by Crippen LogP contribution is -2.50. The van der Waals surface area contributed by atoms with Crippen molar-refractivity contribution in [3.8, 4) is 11.3 Å². The molecule has 45 heavy (non-hydrogen) atoms. The SMILES string of the molecule is CCCCCc1ccc(-c2cc3ccc(SCC(COC(=O)C(C)(C)C(N)CC(C)(C)N)C(F)(F)F)cc3o2)c(C(F)(F)F)c1. The van der Waals surface area contributed by atoms with Crippen LogP contribution in [-0.2, 0) is 22.1 Å². The maximum absolute atomic E-state index is 14.0. The molecule has 0 spiro atoms. The molecule has 3 rings (SSSR count). The van der Waals surface area contributed by atoms with Crippen molar-refractivity contribution in [3.05, 3.63) is 53.6 Å². The van der Waals surface area contributed by atoms with Crippen LogP contribution in [0.3, 0.4) is 0 Å². The highest BCUT2D eigenvalue weighted by molar-refractivity contribution is 7.99. The summed E-state index contributed by atoms with van der Waals surface area (Å²) in [6.45, 7) is 7.62. The summed E-state index contributed by atoms with van der Waals surface area (Å²) in [5, 5.41) is 0.509. The molecule has 1 heterocycles. The van der Waals surface area contributed by atoms with Crippen LogP contribution in [0, 0.1) is 11.3 Å². The summed E-state index contributed by atoms with van der Waals surface area (Å²) in [6, 6.07) is 9.62. The van der Waals surface area contributed by atoms with E-state index in [2.05, 4.69) is 0 Å². The number of alkyl halides is 6. The van der Waals surface area contributed by atoms with Crippen molar-refractivity contribution < 1.29 is 40.3 Å². The molecule has 2 unspecified atom stereocenters. The van der Waals surface area contributed by atoms with Gasteiger partial charge in [-0.1, -0.05) is 31.9 Å². The number of thioether (sulfide) groups is 1. The number of nitrogens with two attached hydrogens (primary N) is 2. The lowest BCUT2D eigenvalue weighted by atomic mass is 9.79. The van der Waals surface area contributed by atoms with Crippen molar-refractivity contribution in [2.24, 2.45) is 22.8 Å². The summed E-state index contributed by atoms with van der Waals surface area (Å²) < 4.78 is 94.6. The molecule has 0 saturated heterocycles. The minimum Gasteiger partial charge on any atom is -0.465 e. The highest BCUT2D eigenvalue weighted by Crippen LogP contribution is 2.41. The van der Waals surface area contributed by atoms with E-state index in [4.69, 9.17) is 20.6 Å². The molecule has 3 aromatic rings. The summed E-state index contributed by atoms with van der Waals surface area (Å²) in [6.07, 6.45) is -5.81. The Morgan fingerprint density at radius 1 is 0.978 bits per heavy atom. The van der Waals surface area contributed by atoms with Crippen LogP contribution in [0.25, 0.3) is 22.3 Å². The Morgan fingerprint density at radius 2 is 1.67 bits per heavy atom. The molecular weight excluding hydrogens is 618 g/mol. The zero-order valence-corrected chi connectivity index (χ0v) is 27.0. The van der Waals surface area contributed by atoms with Crippen LogP contribution in [-0.4, -0.2) is 36.1 Å². The number of furan rings is 1. The smallest absolute Gasteiger partial charge is 0.417 e. The van der Waals surface area contributed by atoms with E-state index in [1.54, 1.807) is 32.0 Å². The van der Waals surface area contributed by atoms with Crippen molar-refractivity contribution >= 4 is 28.7 Å². The van der Waals surface area contributed by atoms with E-state index in [1.165, 1.54) is 32.0 Å². The maximum atomic E-state index is 14.0. The highest BCUT2D eigenvalue weighted by atomic mass is 32.2. The second-order valence-electron chi connectivity index (χ2n) is 12.8. The Kier molecular flexibility index (Phi) is 11.7. The molecule has 1 aromatic heterocycles. The van der Waals surface area contributed by atoms with E-state index < -0.39 is 59.2 Å². The predicted octanol–water partition coefficient (Wildman–Crippen LogP) is 9.15. The molecule has 0 saturated carbocycles. The van der Waals surface area contributed by atoms with Gasteiger partial charge in [-0.2, -0.15) is 26.3 Å². The quantitative estimate of drug-likeness (QED) is 0.0776. The monoisotopic (exact) mass is 660 g/mol. The molecule has 0 bridgehead atoms. The van der Waals surface area contributed by atoms with Crippen molar-refractivity contribution in [1.82, 2.24) is 0 Å². The third-order valence-electron chi connectivity index (χ3n) is 7.74. The van der Waals surface area contributed by atoms with Crippen LogP contribution in [0.5, 0.6) is 0 Å². The number of aryl methyl sites for hydroxylation is 1. The molecular formula is C33H42F6N2O3S. The van der Waals surface area contributed by atoms with E-state index >= 15 is 0 Å². The molecule has 0 aliphatic carbocycles. The third-order valence-corrected chi connectivity index (χ3v) is 8.90. The van der Waals surface area contributed by atoms with Gasteiger partial charge in [0.2, 0.25) is 0 Å². The minimum atomic E-state index is -4.66. The van der Waals surface area contributed by atoms with Gasteiger partial charge in [0.25, 0.3) is 0 Å². The van der Waals surface area contributed by atoms with Gasteiger partial charge in [-0.15, -0.1) is 11.8 Å². The van der Waals surface area contributed by atoms with Gasteiger partial charge < -0.3 is 20.6 Å². The lowest BCUT2D eigenvalue weighted by Gasteiger charge is -2.34. The Hall–Kier alpha value is -2.70. The van der Waals surface area contributed by atoms with Gasteiger partial charge in [0, 0.05) is 33.2 Å². The molecule has 0 fully saturated rings. The number of benzene rings is 2. The Labute approximate surface area is 264 Å². The van der Waals surface area contributed by atoms with E-state index in [9.17, 15) is 31.1 Å². The highest BCUT2D eigenvalue weighted by Gasteiger charge is 2.43. The molecule has 5 nitrogen and oxygen atoms in total. The van der Waals surface area contributed by atoms with Crippen molar-refractivity contribution in [1.29, 1.82) is 0 Å². The summed E-state index contributed by atoms with van der Waals surface area (Å²) in [5.74, 6) is -3.28. The zero-order valence-electron chi connectivity index (χ0n) is 26.2. The Bertz CT molecular complexity index is 1440. The number of hydrogen-bond acceptors (Lipinski definition) is 6. The molecule has 0 aliphatic heterocycles. The minimum absolute atomic E-state index is 0.0125. The van der Waals surface area contributed by atoms with Gasteiger partial charge in [0.15, 0.2) is 0 Å². The van der Waals surface area contributed by atoms with Gasteiger partial charge in [0.05, 0.1) is 16.9 Å². The largest absolute Gasteiger partial charge is 0.465 e. The average Bonchev–Trinajstić information content (AvgIpc) is 3.34. The molecule has 4 N–H and O–H groups in total. The maximum Gasteiger partial charge on any atom is 0.417 e. The number of fused-ring (bicyclic) bond motifs is 1. The second kappa shape index (κ2) is 14.4. The molecule has 2 atom stereocenters. The number of ether oxygens (including phenoxy) is 1. The molecule has 250 valence electrons. The van der Waals surface area contributed by atoms with E-state index in [-0.39, 0.29) is 23.3 Å².